The molecular weight excluding hydrogens is 417 g/mol. The SMILES string of the molecule is Clc1ccc(/C=N\Nc2nc(-c3ccc(Br)cc3)cs2)c(Cl)c1. The molecule has 0 unspecified atom stereocenters. The van der Waals surface area contributed by atoms with Crippen molar-refractivity contribution in [3.63, 3.8) is 0 Å². The number of anilines is 1. The quantitative estimate of drug-likeness (QED) is 0.391. The number of benzene rings is 2. The van der Waals surface area contributed by atoms with Crippen LogP contribution in [0.4, 0.5) is 5.13 Å². The summed E-state index contributed by atoms with van der Waals surface area (Å²) >= 11 is 16.9. The largest absolute Gasteiger partial charge is 0.253 e. The molecule has 0 saturated carbocycles. The Balaban J connectivity index is 1.69. The lowest BCUT2D eigenvalue weighted by atomic mass is 10.2. The minimum Gasteiger partial charge on any atom is -0.253 e. The summed E-state index contributed by atoms with van der Waals surface area (Å²) in [5, 5.41) is 8.01. The highest BCUT2D eigenvalue weighted by molar-refractivity contribution is 9.10. The van der Waals surface area contributed by atoms with Crippen LogP contribution in [0.25, 0.3) is 11.3 Å². The van der Waals surface area contributed by atoms with Crippen molar-refractivity contribution in [1.82, 2.24) is 4.98 Å². The van der Waals surface area contributed by atoms with Gasteiger partial charge in [-0.05, 0) is 24.3 Å². The summed E-state index contributed by atoms with van der Waals surface area (Å²) in [6, 6.07) is 13.3. The van der Waals surface area contributed by atoms with E-state index in [1.54, 1.807) is 18.3 Å². The first-order valence-corrected chi connectivity index (χ1v) is 9.00. The molecule has 0 aliphatic heterocycles. The lowest BCUT2D eigenvalue weighted by Gasteiger charge is -1.98. The number of hydrazone groups is 1. The molecule has 0 saturated heterocycles. The van der Waals surface area contributed by atoms with Crippen molar-refractivity contribution in [1.29, 1.82) is 0 Å². The molecule has 3 aromatic rings. The average Bonchev–Trinajstić information content (AvgIpc) is 2.99. The van der Waals surface area contributed by atoms with Gasteiger partial charge in [0.15, 0.2) is 0 Å². The first-order valence-electron chi connectivity index (χ1n) is 6.57. The summed E-state index contributed by atoms with van der Waals surface area (Å²) in [5.74, 6) is 0. The van der Waals surface area contributed by atoms with E-state index in [1.807, 2.05) is 35.7 Å². The van der Waals surface area contributed by atoms with E-state index in [1.165, 1.54) is 11.3 Å². The van der Waals surface area contributed by atoms with Gasteiger partial charge in [0.05, 0.1) is 16.9 Å². The average molecular weight is 427 g/mol. The van der Waals surface area contributed by atoms with Gasteiger partial charge in [0.25, 0.3) is 0 Å². The Morgan fingerprint density at radius 1 is 1.13 bits per heavy atom. The van der Waals surface area contributed by atoms with Gasteiger partial charge in [0.2, 0.25) is 5.13 Å². The first-order chi connectivity index (χ1) is 11.1. The van der Waals surface area contributed by atoms with Crippen LogP contribution in [0.5, 0.6) is 0 Å². The summed E-state index contributed by atoms with van der Waals surface area (Å²) in [7, 11) is 0. The molecule has 2 aromatic carbocycles. The van der Waals surface area contributed by atoms with Crippen LogP contribution < -0.4 is 5.43 Å². The van der Waals surface area contributed by atoms with E-state index in [2.05, 4.69) is 31.4 Å². The molecule has 0 amide bonds. The van der Waals surface area contributed by atoms with E-state index in [0.29, 0.717) is 15.2 Å². The number of aromatic nitrogens is 1. The highest BCUT2D eigenvalue weighted by Gasteiger charge is 2.04. The predicted molar refractivity (Wildman–Crippen MR) is 103 cm³/mol. The lowest BCUT2D eigenvalue weighted by molar-refractivity contribution is 1.29. The number of nitrogens with one attached hydrogen (secondary N) is 1. The molecule has 0 fully saturated rings. The monoisotopic (exact) mass is 425 g/mol. The number of halogens is 3. The van der Waals surface area contributed by atoms with E-state index in [4.69, 9.17) is 23.2 Å². The third-order valence-electron chi connectivity index (χ3n) is 2.97. The smallest absolute Gasteiger partial charge is 0.203 e. The van der Waals surface area contributed by atoms with Gasteiger partial charge in [0, 0.05) is 26.0 Å². The van der Waals surface area contributed by atoms with Gasteiger partial charge < -0.3 is 0 Å². The zero-order valence-corrected chi connectivity index (χ0v) is 15.5. The molecule has 0 aliphatic carbocycles. The molecule has 7 heteroatoms. The minimum absolute atomic E-state index is 0.553. The maximum Gasteiger partial charge on any atom is 0.203 e. The highest BCUT2D eigenvalue weighted by atomic mass is 79.9. The van der Waals surface area contributed by atoms with Crippen LogP contribution in [-0.4, -0.2) is 11.2 Å². The van der Waals surface area contributed by atoms with E-state index >= 15 is 0 Å². The van der Waals surface area contributed by atoms with Crippen LogP contribution in [0.1, 0.15) is 5.56 Å². The molecule has 0 spiro atoms. The fraction of sp³-hybridized carbons (Fsp3) is 0. The molecule has 116 valence electrons. The van der Waals surface area contributed by atoms with E-state index in [0.717, 1.165) is 21.3 Å². The van der Waals surface area contributed by atoms with E-state index in [9.17, 15) is 0 Å². The highest BCUT2D eigenvalue weighted by Crippen LogP contribution is 2.26. The van der Waals surface area contributed by atoms with Gasteiger partial charge in [0.1, 0.15) is 0 Å². The summed E-state index contributed by atoms with van der Waals surface area (Å²) < 4.78 is 1.04. The van der Waals surface area contributed by atoms with Gasteiger partial charge in [-0.25, -0.2) is 4.98 Å². The molecule has 0 bridgehead atoms. The number of thiazole rings is 1. The maximum atomic E-state index is 6.09. The Kier molecular flexibility index (Phi) is 5.33. The van der Waals surface area contributed by atoms with E-state index < -0.39 is 0 Å². The van der Waals surface area contributed by atoms with Crippen molar-refractivity contribution in [2.45, 2.75) is 0 Å². The van der Waals surface area contributed by atoms with Crippen LogP contribution >= 0.6 is 50.5 Å². The number of hydrogen-bond donors (Lipinski definition) is 1. The fourth-order valence-electron chi connectivity index (χ4n) is 1.84. The lowest BCUT2D eigenvalue weighted by Crippen LogP contribution is -1.91. The number of nitrogens with zero attached hydrogens (tertiary/aromatic N) is 2. The summed E-state index contributed by atoms with van der Waals surface area (Å²) in [6.45, 7) is 0. The molecular formula is C16H10BrCl2N3S. The van der Waals surface area contributed by atoms with Crippen molar-refractivity contribution in [2.24, 2.45) is 5.10 Å². The van der Waals surface area contributed by atoms with Crippen LogP contribution in [0, 0.1) is 0 Å². The van der Waals surface area contributed by atoms with Gasteiger partial charge in [-0.15, -0.1) is 11.3 Å². The molecule has 0 aliphatic rings. The molecule has 3 nitrogen and oxygen atoms in total. The number of hydrogen-bond acceptors (Lipinski definition) is 4. The second kappa shape index (κ2) is 7.45. The topological polar surface area (TPSA) is 37.3 Å². The Morgan fingerprint density at radius 2 is 1.91 bits per heavy atom. The summed E-state index contributed by atoms with van der Waals surface area (Å²) in [6.07, 6.45) is 1.64. The standard InChI is InChI=1S/C16H10BrCl2N3S/c17-12-4-1-10(2-5-12)15-9-23-16(21-15)22-20-8-11-3-6-13(18)7-14(11)19/h1-9H,(H,21,22)/b20-8-. The molecule has 23 heavy (non-hydrogen) atoms. The summed E-state index contributed by atoms with van der Waals surface area (Å²) in [4.78, 5) is 4.50. The Labute approximate surface area is 156 Å². The van der Waals surface area contributed by atoms with Gasteiger partial charge >= 0.3 is 0 Å². The predicted octanol–water partition coefficient (Wildman–Crippen LogP) is 6.33. The normalized spacial score (nSPS) is 11.1. The van der Waals surface area contributed by atoms with Crippen molar-refractivity contribution in [3.8, 4) is 11.3 Å². The molecule has 1 heterocycles. The second-order valence-corrected chi connectivity index (χ2v) is 7.20. The van der Waals surface area contributed by atoms with Crippen LogP contribution in [0.3, 0.4) is 0 Å². The fourth-order valence-corrected chi connectivity index (χ4v) is 3.23. The zero-order valence-electron chi connectivity index (χ0n) is 11.6. The summed E-state index contributed by atoms with van der Waals surface area (Å²) in [5.41, 5.74) is 5.66. The first kappa shape index (κ1) is 16.5. The van der Waals surface area contributed by atoms with Crippen LogP contribution in [0.15, 0.2) is 57.4 Å². The third kappa shape index (κ3) is 4.32. The van der Waals surface area contributed by atoms with Crippen LogP contribution in [0.2, 0.25) is 10.0 Å². The van der Waals surface area contributed by atoms with Gasteiger partial charge in [-0.1, -0.05) is 57.3 Å². The minimum atomic E-state index is 0.553. The van der Waals surface area contributed by atoms with Crippen molar-refractivity contribution in [2.75, 3.05) is 5.43 Å². The third-order valence-corrected chi connectivity index (χ3v) is 4.81. The molecule has 0 radical (unpaired) electrons. The Hall–Kier alpha value is -1.40. The van der Waals surface area contributed by atoms with Crippen LogP contribution in [-0.2, 0) is 0 Å². The van der Waals surface area contributed by atoms with Crippen molar-refractivity contribution >= 4 is 61.8 Å². The molecule has 0 atom stereocenters. The Bertz CT molecular complexity index is 847. The molecule has 1 N–H and O–H groups in total. The molecule has 3 rings (SSSR count). The van der Waals surface area contributed by atoms with Crippen molar-refractivity contribution < 1.29 is 0 Å². The van der Waals surface area contributed by atoms with Crippen molar-refractivity contribution in [3.05, 3.63) is 67.9 Å². The van der Waals surface area contributed by atoms with E-state index in [-0.39, 0.29) is 0 Å². The zero-order chi connectivity index (χ0) is 16.2. The van der Waals surface area contributed by atoms with Gasteiger partial charge in [-0.3, -0.25) is 5.43 Å². The Morgan fingerprint density at radius 3 is 2.65 bits per heavy atom. The second-order valence-electron chi connectivity index (χ2n) is 4.58. The maximum absolute atomic E-state index is 6.09. The molecule has 1 aromatic heterocycles. The number of rotatable bonds is 4. The van der Waals surface area contributed by atoms with Gasteiger partial charge in [-0.2, -0.15) is 5.10 Å².